The number of carbonyl (C=O) groups excluding carboxylic acids is 2. The molecule has 2 amide bonds. The summed E-state index contributed by atoms with van der Waals surface area (Å²) in [6.07, 6.45) is 5.67. The first-order valence-electron chi connectivity index (χ1n) is 11.8. The zero-order chi connectivity index (χ0) is 23.5. The molecule has 0 radical (unpaired) electrons. The van der Waals surface area contributed by atoms with Crippen LogP contribution in [-0.4, -0.2) is 38.9 Å². The summed E-state index contributed by atoms with van der Waals surface area (Å²) < 4.78 is 18.4. The molecular weight excluding hydrogens is 435 g/mol. The number of carbonyl (C=O) groups is 2. The molecule has 0 saturated heterocycles. The number of halogens is 1. The van der Waals surface area contributed by atoms with Gasteiger partial charge in [0, 0.05) is 42.6 Å². The Hall–Kier alpha value is -3.55. The number of hydrogen-bond acceptors (Lipinski definition) is 5. The molecular formula is C26H27FN4O3. The molecule has 2 aliphatic rings. The van der Waals surface area contributed by atoms with Crippen molar-refractivity contribution in [3.63, 3.8) is 0 Å². The Morgan fingerprint density at radius 2 is 1.76 bits per heavy atom. The lowest BCUT2D eigenvalue weighted by Gasteiger charge is -2.22. The minimum absolute atomic E-state index is 0.0345. The predicted molar refractivity (Wildman–Crippen MR) is 123 cm³/mol. The van der Waals surface area contributed by atoms with E-state index in [-0.39, 0.29) is 17.6 Å². The van der Waals surface area contributed by atoms with E-state index in [1.54, 1.807) is 12.1 Å². The molecule has 1 heterocycles. The van der Waals surface area contributed by atoms with E-state index in [4.69, 9.17) is 4.52 Å². The number of amides is 2. The molecule has 8 heteroatoms. The highest BCUT2D eigenvalue weighted by atomic mass is 19.1. The zero-order valence-electron chi connectivity index (χ0n) is 18.9. The number of nitrogens with zero attached hydrogens (tertiary/aromatic N) is 3. The van der Waals surface area contributed by atoms with E-state index in [1.807, 2.05) is 29.2 Å². The highest BCUT2D eigenvalue weighted by molar-refractivity contribution is 5.94. The van der Waals surface area contributed by atoms with Crippen molar-refractivity contribution >= 4 is 11.8 Å². The van der Waals surface area contributed by atoms with E-state index in [9.17, 15) is 14.0 Å². The molecule has 2 fully saturated rings. The van der Waals surface area contributed by atoms with Gasteiger partial charge in [0.15, 0.2) is 0 Å². The first-order chi connectivity index (χ1) is 16.5. The van der Waals surface area contributed by atoms with Crippen LogP contribution < -0.4 is 5.32 Å². The lowest BCUT2D eigenvalue weighted by Crippen LogP contribution is -2.32. The summed E-state index contributed by atoms with van der Waals surface area (Å²) in [5.41, 5.74) is 2.35. The second-order valence-corrected chi connectivity index (χ2v) is 9.07. The maximum Gasteiger partial charge on any atom is 0.251 e. The summed E-state index contributed by atoms with van der Waals surface area (Å²) in [5.74, 6) is 0.630. The normalized spacial score (nSPS) is 15.2. The van der Waals surface area contributed by atoms with Gasteiger partial charge in [-0.15, -0.1) is 0 Å². The van der Waals surface area contributed by atoms with Gasteiger partial charge >= 0.3 is 0 Å². The maximum atomic E-state index is 13.1. The molecule has 0 spiro atoms. The van der Waals surface area contributed by atoms with Crippen molar-refractivity contribution < 1.29 is 18.5 Å². The van der Waals surface area contributed by atoms with E-state index in [0.717, 1.165) is 31.2 Å². The fourth-order valence-corrected chi connectivity index (χ4v) is 3.87. The summed E-state index contributed by atoms with van der Waals surface area (Å²) in [5, 5.41) is 6.94. The molecule has 0 atom stereocenters. The molecule has 3 aromatic rings. The molecule has 34 heavy (non-hydrogen) atoms. The monoisotopic (exact) mass is 462 g/mol. The van der Waals surface area contributed by atoms with Crippen LogP contribution in [0.4, 0.5) is 4.39 Å². The summed E-state index contributed by atoms with van der Waals surface area (Å²) in [6, 6.07) is 14.1. The predicted octanol–water partition coefficient (Wildman–Crippen LogP) is 4.28. The van der Waals surface area contributed by atoms with Gasteiger partial charge in [-0.25, -0.2) is 4.39 Å². The molecule has 176 valence electrons. The van der Waals surface area contributed by atoms with Gasteiger partial charge in [0.05, 0.1) is 0 Å². The Morgan fingerprint density at radius 3 is 2.44 bits per heavy atom. The van der Waals surface area contributed by atoms with Gasteiger partial charge in [0.1, 0.15) is 5.82 Å². The second-order valence-electron chi connectivity index (χ2n) is 9.07. The molecule has 2 aliphatic carbocycles. The standard InChI is InChI=1S/C26H27FN4O3/c27-20-10-8-18(9-11-20)25-29-23(34-30-25)2-1-3-24(32)31(22-14-15-22)16-17-4-6-19(7-5-17)26(33)28-21-12-13-21/h4-11,21-22H,1-3,12-16H2,(H,28,33). The van der Waals surface area contributed by atoms with Crippen LogP contribution in [0.3, 0.4) is 0 Å². The minimum atomic E-state index is -0.318. The average molecular weight is 463 g/mol. The largest absolute Gasteiger partial charge is 0.349 e. The molecule has 1 N–H and O–H groups in total. The van der Waals surface area contributed by atoms with Crippen molar-refractivity contribution in [1.29, 1.82) is 0 Å². The van der Waals surface area contributed by atoms with Crippen LogP contribution in [0.25, 0.3) is 11.4 Å². The molecule has 5 rings (SSSR count). The van der Waals surface area contributed by atoms with Gasteiger partial charge in [-0.05, 0) is 74.1 Å². The molecule has 0 aliphatic heterocycles. The number of nitrogens with one attached hydrogen (secondary N) is 1. The quantitative estimate of drug-likeness (QED) is 0.486. The molecule has 7 nitrogen and oxygen atoms in total. The molecule has 0 unspecified atom stereocenters. The van der Waals surface area contributed by atoms with Crippen LogP contribution in [-0.2, 0) is 17.8 Å². The fourth-order valence-electron chi connectivity index (χ4n) is 3.87. The number of aromatic nitrogens is 2. The Morgan fingerprint density at radius 1 is 1.03 bits per heavy atom. The van der Waals surface area contributed by atoms with Crippen LogP contribution in [0.15, 0.2) is 53.1 Å². The first-order valence-corrected chi connectivity index (χ1v) is 11.8. The highest BCUT2D eigenvalue weighted by Gasteiger charge is 2.32. The number of rotatable bonds is 10. The maximum absolute atomic E-state index is 13.1. The fraction of sp³-hybridized carbons (Fsp3) is 0.385. The van der Waals surface area contributed by atoms with Crippen LogP contribution >= 0.6 is 0 Å². The van der Waals surface area contributed by atoms with E-state index in [1.165, 1.54) is 12.1 Å². The SMILES string of the molecule is O=C(NC1CC1)c1ccc(CN(C(=O)CCCc2nc(-c3ccc(F)cc3)no2)C2CC2)cc1. The second kappa shape index (κ2) is 9.75. The van der Waals surface area contributed by atoms with Gasteiger partial charge < -0.3 is 14.7 Å². The van der Waals surface area contributed by atoms with E-state index < -0.39 is 0 Å². The molecule has 2 aromatic carbocycles. The van der Waals surface area contributed by atoms with E-state index >= 15 is 0 Å². The van der Waals surface area contributed by atoms with Crippen molar-refractivity contribution in [3.05, 3.63) is 71.4 Å². The van der Waals surface area contributed by atoms with Crippen molar-refractivity contribution in [2.24, 2.45) is 0 Å². The third kappa shape index (κ3) is 5.68. The Bertz CT molecular complexity index is 1150. The third-order valence-corrected chi connectivity index (χ3v) is 6.14. The lowest BCUT2D eigenvalue weighted by molar-refractivity contribution is -0.132. The lowest BCUT2D eigenvalue weighted by atomic mass is 10.1. The van der Waals surface area contributed by atoms with Crippen LogP contribution in [0.5, 0.6) is 0 Å². The Balaban J connectivity index is 1.12. The van der Waals surface area contributed by atoms with Gasteiger partial charge in [0.25, 0.3) is 5.91 Å². The summed E-state index contributed by atoms with van der Waals surface area (Å²) in [6.45, 7) is 0.545. The van der Waals surface area contributed by atoms with Crippen LogP contribution in [0, 0.1) is 5.82 Å². The van der Waals surface area contributed by atoms with Crippen molar-refractivity contribution in [2.75, 3.05) is 0 Å². The Kier molecular flexibility index (Phi) is 6.38. The van der Waals surface area contributed by atoms with Crippen LogP contribution in [0.1, 0.15) is 60.3 Å². The average Bonchev–Trinajstić information content (AvgIpc) is 3.78. The summed E-state index contributed by atoms with van der Waals surface area (Å²) in [4.78, 5) is 31.4. The number of hydrogen-bond donors (Lipinski definition) is 1. The first kappa shape index (κ1) is 22.3. The van der Waals surface area contributed by atoms with Crippen molar-refractivity contribution in [2.45, 2.75) is 63.6 Å². The highest BCUT2D eigenvalue weighted by Crippen LogP contribution is 2.29. The third-order valence-electron chi connectivity index (χ3n) is 6.14. The Labute approximate surface area is 197 Å². The summed E-state index contributed by atoms with van der Waals surface area (Å²) in [7, 11) is 0. The molecule has 0 bridgehead atoms. The van der Waals surface area contributed by atoms with E-state index in [0.29, 0.717) is 60.7 Å². The van der Waals surface area contributed by atoms with Crippen molar-refractivity contribution in [1.82, 2.24) is 20.4 Å². The number of aryl methyl sites for hydroxylation is 1. The topological polar surface area (TPSA) is 88.3 Å². The molecule has 1 aromatic heterocycles. The van der Waals surface area contributed by atoms with Gasteiger partial charge in [0.2, 0.25) is 17.6 Å². The van der Waals surface area contributed by atoms with Crippen molar-refractivity contribution in [3.8, 4) is 11.4 Å². The molecule has 2 saturated carbocycles. The van der Waals surface area contributed by atoms with E-state index in [2.05, 4.69) is 15.5 Å². The van der Waals surface area contributed by atoms with Gasteiger partial charge in [-0.3, -0.25) is 9.59 Å². The van der Waals surface area contributed by atoms with Gasteiger partial charge in [-0.2, -0.15) is 4.98 Å². The van der Waals surface area contributed by atoms with Crippen LogP contribution in [0.2, 0.25) is 0 Å². The van der Waals surface area contributed by atoms with Gasteiger partial charge in [-0.1, -0.05) is 17.3 Å². The smallest absolute Gasteiger partial charge is 0.251 e. The summed E-state index contributed by atoms with van der Waals surface area (Å²) >= 11 is 0. The zero-order valence-corrected chi connectivity index (χ0v) is 18.9. The minimum Gasteiger partial charge on any atom is -0.349 e. The number of benzene rings is 2.